The summed E-state index contributed by atoms with van der Waals surface area (Å²) in [4.78, 5) is 23.0. The third-order valence-electron chi connectivity index (χ3n) is 9.15. The van der Waals surface area contributed by atoms with Crippen molar-refractivity contribution in [1.82, 2.24) is 19.2 Å². The third-order valence-corrected chi connectivity index (χ3v) is 9.15. The maximum Gasteiger partial charge on any atom is 0.225 e. The fourth-order valence-electron chi connectivity index (χ4n) is 6.61. The number of hydrogen-bond donors (Lipinski definition) is 0. The molecule has 0 unspecified atom stereocenters. The molecule has 7 nitrogen and oxygen atoms in total. The molecule has 2 fully saturated rings. The molecule has 42 heavy (non-hydrogen) atoms. The molecule has 1 aliphatic heterocycles. The first kappa shape index (κ1) is 28.4. The second kappa shape index (κ2) is 12.3. The second-order valence-electron chi connectivity index (χ2n) is 11.9. The molecule has 220 valence electrons. The van der Waals surface area contributed by atoms with Crippen molar-refractivity contribution < 1.29 is 14.3 Å². The van der Waals surface area contributed by atoms with Crippen LogP contribution in [0, 0.1) is 19.8 Å². The highest BCUT2D eigenvalue weighted by atomic mass is 16.5. The number of aryl methyl sites for hydroxylation is 2. The highest BCUT2D eigenvalue weighted by Gasteiger charge is 2.32. The van der Waals surface area contributed by atoms with E-state index >= 15 is 0 Å². The van der Waals surface area contributed by atoms with E-state index in [0.29, 0.717) is 5.91 Å². The van der Waals surface area contributed by atoms with Crippen LogP contribution >= 0.6 is 0 Å². The monoisotopic (exact) mass is 566 g/mol. The Balaban J connectivity index is 1.28. The molecule has 0 spiro atoms. The standard InChI is InChI=1S/C35H42N4O3/c1-24-8-9-25(2)31(20-24)28-12-15-33-36-34(26-10-13-29(41-3)14-11-26)32(39(33)22-28)23-37-16-18-38(19-17-37)35(40)27-6-5-7-30(21-27)42-4/h8-15,20,22,27,30H,5-7,16-19,21,23H2,1-4H3/t27-,30-/m1/s1. The largest absolute Gasteiger partial charge is 0.497 e. The van der Waals surface area contributed by atoms with Crippen LogP contribution in [0.4, 0.5) is 0 Å². The van der Waals surface area contributed by atoms with Gasteiger partial charge in [0.2, 0.25) is 5.91 Å². The maximum absolute atomic E-state index is 13.4. The predicted molar refractivity (Wildman–Crippen MR) is 167 cm³/mol. The summed E-state index contributed by atoms with van der Waals surface area (Å²) in [7, 11) is 3.45. The van der Waals surface area contributed by atoms with Gasteiger partial charge < -0.3 is 18.8 Å². The van der Waals surface area contributed by atoms with Crippen LogP contribution in [0.1, 0.15) is 42.5 Å². The number of pyridine rings is 1. The quantitative estimate of drug-likeness (QED) is 0.269. The number of methoxy groups -OCH3 is 2. The molecular formula is C35H42N4O3. The van der Waals surface area contributed by atoms with Crippen LogP contribution < -0.4 is 4.74 Å². The van der Waals surface area contributed by atoms with Crippen LogP contribution in [0.15, 0.2) is 60.8 Å². The number of fused-ring (bicyclic) bond motifs is 1. The van der Waals surface area contributed by atoms with Gasteiger partial charge in [-0.25, -0.2) is 4.98 Å². The van der Waals surface area contributed by atoms with Gasteiger partial charge in [-0.2, -0.15) is 0 Å². The summed E-state index contributed by atoms with van der Waals surface area (Å²) in [6.45, 7) is 8.28. The fourth-order valence-corrected chi connectivity index (χ4v) is 6.61. The van der Waals surface area contributed by atoms with Gasteiger partial charge in [-0.3, -0.25) is 9.69 Å². The molecule has 2 aliphatic rings. The Morgan fingerprint density at radius 2 is 1.69 bits per heavy atom. The highest BCUT2D eigenvalue weighted by molar-refractivity contribution is 5.79. The van der Waals surface area contributed by atoms with Gasteiger partial charge in [0.1, 0.15) is 11.4 Å². The zero-order chi connectivity index (χ0) is 29.2. The Labute approximate surface area is 249 Å². The van der Waals surface area contributed by atoms with E-state index in [9.17, 15) is 4.79 Å². The van der Waals surface area contributed by atoms with Crippen molar-refractivity contribution in [3.8, 4) is 28.1 Å². The van der Waals surface area contributed by atoms with Crippen LogP contribution in [-0.2, 0) is 16.1 Å². The first-order valence-electron chi connectivity index (χ1n) is 15.2. The normalized spacial score (nSPS) is 19.8. The number of carbonyl (C=O) groups is 1. The average molecular weight is 567 g/mol. The van der Waals surface area contributed by atoms with Crippen molar-refractivity contribution in [2.24, 2.45) is 5.92 Å². The number of benzene rings is 2. The molecule has 0 N–H and O–H groups in total. The minimum absolute atomic E-state index is 0.0965. The van der Waals surface area contributed by atoms with Crippen molar-refractivity contribution in [2.75, 3.05) is 40.4 Å². The summed E-state index contributed by atoms with van der Waals surface area (Å²) in [5, 5.41) is 0. The minimum atomic E-state index is 0.0965. The average Bonchev–Trinajstić information content (AvgIpc) is 3.39. The molecule has 0 bridgehead atoms. The van der Waals surface area contributed by atoms with Gasteiger partial charge in [-0.15, -0.1) is 0 Å². The Hall–Kier alpha value is -3.68. The summed E-state index contributed by atoms with van der Waals surface area (Å²) < 4.78 is 13.3. The molecule has 6 rings (SSSR count). The molecule has 2 aromatic carbocycles. The SMILES string of the molecule is COc1ccc(-c2nc3ccc(-c4cc(C)ccc4C)cn3c2CN2CCN(C(=O)[C@@H]3CCC[C@@H](OC)C3)CC2)cc1. The van der Waals surface area contributed by atoms with Crippen molar-refractivity contribution in [3.05, 3.63) is 77.6 Å². The molecular weight excluding hydrogens is 524 g/mol. The Morgan fingerprint density at radius 1 is 0.929 bits per heavy atom. The first-order chi connectivity index (χ1) is 20.4. The van der Waals surface area contributed by atoms with Gasteiger partial charge in [-0.05, 0) is 86.2 Å². The molecule has 1 aliphatic carbocycles. The first-order valence-corrected chi connectivity index (χ1v) is 15.2. The zero-order valence-electron chi connectivity index (χ0n) is 25.3. The van der Waals surface area contributed by atoms with E-state index in [4.69, 9.17) is 14.5 Å². The third kappa shape index (κ3) is 5.81. The van der Waals surface area contributed by atoms with Gasteiger partial charge in [0.25, 0.3) is 0 Å². The number of hydrogen-bond acceptors (Lipinski definition) is 5. The van der Waals surface area contributed by atoms with E-state index in [1.54, 1.807) is 14.2 Å². The lowest BCUT2D eigenvalue weighted by molar-refractivity contribution is -0.140. The van der Waals surface area contributed by atoms with E-state index in [0.717, 1.165) is 86.8 Å². The number of amides is 1. The van der Waals surface area contributed by atoms with Crippen LogP contribution in [0.3, 0.4) is 0 Å². The number of imidazole rings is 1. The molecule has 1 saturated heterocycles. The molecule has 1 saturated carbocycles. The molecule has 3 heterocycles. The Kier molecular flexibility index (Phi) is 8.31. The number of carbonyl (C=O) groups excluding carboxylic acids is 1. The highest BCUT2D eigenvalue weighted by Crippen LogP contribution is 2.32. The minimum Gasteiger partial charge on any atom is -0.497 e. The number of ether oxygens (including phenoxy) is 2. The van der Waals surface area contributed by atoms with Gasteiger partial charge in [0.05, 0.1) is 24.6 Å². The molecule has 2 aromatic heterocycles. The number of aromatic nitrogens is 2. The predicted octanol–water partition coefficient (Wildman–Crippen LogP) is 6.14. The van der Waals surface area contributed by atoms with Crippen LogP contribution in [0.2, 0.25) is 0 Å². The summed E-state index contributed by atoms with van der Waals surface area (Å²) in [6, 6.07) is 19.1. The van der Waals surface area contributed by atoms with E-state index in [2.05, 4.69) is 76.7 Å². The van der Waals surface area contributed by atoms with Crippen molar-refractivity contribution >= 4 is 11.6 Å². The molecule has 2 atom stereocenters. The van der Waals surface area contributed by atoms with Crippen LogP contribution in [0.25, 0.3) is 28.0 Å². The summed E-state index contributed by atoms with van der Waals surface area (Å²) in [5.41, 5.74) is 9.09. The van der Waals surface area contributed by atoms with E-state index < -0.39 is 0 Å². The van der Waals surface area contributed by atoms with E-state index in [1.807, 2.05) is 12.1 Å². The Morgan fingerprint density at radius 3 is 2.43 bits per heavy atom. The van der Waals surface area contributed by atoms with Gasteiger partial charge in [-0.1, -0.05) is 30.2 Å². The summed E-state index contributed by atoms with van der Waals surface area (Å²) in [5.74, 6) is 1.24. The second-order valence-corrected chi connectivity index (χ2v) is 11.9. The lowest BCUT2D eigenvalue weighted by Gasteiger charge is -2.38. The van der Waals surface area contributed by atoms with Gasteiger partial charge >= 0.3 is 0 Å². The zero-order valence-corrected chi connectivity index (χ0v) is 25.3. The molecule has 1 amide bonds. The number of piperazine rings is 1. The van der Waals surface area contributed by atoms with E-state index in [-0.39, 0.29) is 12.0 Å². The van der Waals surface area contributed by atoms with Crippen molar-refractivity contribution in [3.63, 3.8) is 0 Å². The number of rotatable bonds is 7. The van der Waals surface area contributed by atoms with Crippen LogP contribution in [-0.4, -0.2) is 71.6 Å². The summed E-state index contributed by atoms with van der Waals surface area (Å²) in [6.07, 6.45) is 6.42. The fraction of sp³-hybridized carbons (Fsp3) is 0.429. The number of nitrogens with zero attached hydrogens (tertiary/aromatic N) is 4. The lowest BCUT2D eigenvalue weighted by Crippen LogP contribution is -2.50. The van der Waals surface area contributed by atoms with Crippen molar-refractivity contribution in [1.29, 1.82) is 0 Å². The topological polar surface area (TPSA) is 59.3 Å². The summed E-state index contributed by atoms with van der Waals surface area (Å²) >= 11 is 0. The molecule has 7 heteroatoms. The molecule has 0 radical (unpaired) electrons. The van der Waals surface area contributed by atoms with E-state index in [1.165, 1.54) is 22.3 Å². The van der Waals surface area contributed by atoms with Crippen molar-refractivity contribution in [2.45, 2.75) is 52.2 Å². The van der Waals surface area contributed by atoms with Gasteiger partial charge in [0, 0.05) is 57.5 Å². The molecule has 4 aromatic rings. The smallest absolute Gasteiger partial charge is 0.225 e. The van der Waals surface area contributed by atoms with Crippen LogP contribution in [0.5, 0.6) is 5.75 Å². The Bertz CT molecular complexity index is 1550. The maximum atomic E-state index is 13.4. The lowest BCUT2D eigenvalue weighted by atomic mass is 9.86. The van der Waals surface area contributed by atoms with Gasteiger partial charge in [0.15, 0.2) is 0 Å².